The first-order valence-corrected chi connectivity index (χ1v) is 4.04. The molecule has 15 heavy (non-hydrogen) atoms. The number of carbonyl (C=O) groups is 1. The fraction of sp³-hybridized carbons (Fsp3) is 0. The number of hydrogen-bond acceptors (Lipinski definition) is 3. The van der Waals surface area contributed by atoms with Gasteiger partial charge in [-0.3, -0.25) is 4.79 Å². The molecule has 76 valence electrons. The topological polar surface area (TPSA) is 47.8 Å². The van der Waals surface area contributed by atoms with Crippen LogP contribution in [0.15, 0.2) is 24.4 Å². The van der Waals surface area contributed by atoms with Gasteiger partial charge < -0.3 is 0 Å². The maximum absolute atomic E-state index is 13.2. The summed E-state index contributed by atoms with van der Waals surface area (Å²) in [4.78, 5) is 10.3. The second kappa shape index (κ2) is 3.56. The number of hydrogen-bond donors (Lipinski definition) is 0. The first-order chi connectivity index (χ1) is 7.22. The molecule has 0 bridgehead atoms. The van der Waals surface area contributed by atoms with Gasteiger partial charge in [-0.1, -0.05) is 11.3 Å². The minimum absolute atomic E-state index is 0.0543. The molecule has 0 spiro atoms. The fourth-order valence-electron chi connectivity index (χ4n) is 1.12. The molecular formula is C9H5F2N3O. The molecule has 0 saturated heterocycles. The van der Waals surface area contributed by atoms with Gasteiger partial charge in [0.1, 0.15) is 11.4 Å². The van der Waals surface area contributed by atoms with E-state index in [-0.39, 0.29) is 11.4 Å². The summed E-state index contributed by atoms with van der Waals surface area (Å²) in [5, 5.41) is 6.93. The van der Waals surface area contributed by atoms with Crippen LogP contribution in [-0.4, -0.2) is 21.3 Å². The van der Waals surface area contributed by atoms with Gasteiger partial charge in [0.2, 0.25) is 0 Å². The Balaban J connectivity index is 2.53. The predicted molar refractivity (Wildman–Crippen MR) is 46.7 cm³/mol. The Labute approximate surface area is 83.1 Å². The van der Waals surface area contributed by atoms with Gasteiger partial charge in [0, 0.05) is 0 Å². The third kappa shape index (κ3) is 1.61. The van der Waals surface area contributed by atoms with Gasteiger partial charge in [0.05, 0.1) is 6.20 Å². The molecule has 0 unspecified atom stereocenters. The predicted octanol–water partition coefficient (Wildman–Crippen LogP) is 1.36. The zero-order chi connectivity index (χ0) is 10.8. The SMILES string of the molecule is O=Cc1cn(-c2cccc(F)c2F)nn1. The molecule has 4 nitrogen and oxygen atoms in total. The average molecular weight is 209 g/mol. The van der Waals surface area contributed by atoms with E-state index in [1.54, 1.807) is 0 Å². The molecular weight excluding hydrogens is 204 g/mol. The van der Waals surface area contributed by atoms with Crippen molar-refractivity contribution >= 4 is 6.29 Å². The zero-order valence-electron chi connectivity index (χ0n) is 7.39. The van der Waals surface area contributed by atoms with Crippen molar-refractivity contribution in [3.8, 4) is 5.69 Å². The van der Waals surface area contributed by atoms with Crippen molar-refractivity contribution in [3.63, 3.8) is 0 Å². The smallest absolute Gasteiger partial charge is 0.184 e. The Kier molecular flexibility index (Phi) is 2.24. The average Bonchev–Trinajstić information content (AvgIpc) is 2.70. The summed E-state index contributed by atoms with van der Waals surface area (Å²) in [6, 6.07) is 3.67. The van der Waals surface area contributed by atoms with Crippen molar-refractivity contribution in [2.75, 3.05) is 0 Å². The van der Waals surface area contributed by atoms with E-state index in [4.69, 9.17) is 0 Å². The maximum atomic E-state index is 13.2. The number of aldehydes is 1. The lowest BCUT2D eigenvalue weighted by Gasteiger charge is -2.01. The molecule has 2 rings (SSSR count). The fourth-order valence-corrected chi connectivity index (χ4v) is 1.12. The van der Waals surface area contributed by atoms with Crippen molar-refractivity contribution in [3.05, 3.63) is 41.7 Å². The molecule has 2 aromatic rings. The molecule has 0 aliphatic rings. The normalized spacial score (nSPS) is 10.3. The van der Waals surface area contributed by atoms with Crippen molar-refractivity contribution in [2.45, 2.75) is 0 Å². The van der Waals surface area contributed by atoms with E-state index >= 15 is 0 Å². The highest BCUT2D eigenvalue weighted by molar-refractivity contribution is 5.70. The van der Waals surface area contributed by atoms with Crippen molar-refractivity contribution in [1.82, 2.24) is 15.0 Å². The summed E-state index contributed by atoms with van der Waals surface area (Å²) in [5.74, 6) is -2.00. The van der Waals surface area contributed by atoms with Crippen LogP contribution in [0.3, 0.4) is 0 Å². The van der Waals surface area contributed by atoms with E-state index in [1.807, 2.05) is 0 Å². The lowest BCUT2D eigenvalue weighted by Crippen LogP contribution is -2.00. The molecule has 1 aromatic carbocycles. The zero-order valence-corrected chi connectivity index (χ0v) is 7.39. The van der Waals surface area contributed by atoms with E-state index in [1.165, 1.54) is 18.3 Å². The molecule has 0 saturated carbocycles. The molecule has 0 atom stereocenters. The van der Waals surface area contributed by atoms with Crippen molar-refractivity contribution < 1.29 is 13.6 Å². The summed E-state index contributed by atoms with van der Waals surface area (Å²) in [5.41, 5.74) is -0.0331. The van der Waals surface area contributed by atoms with Gasteiger partial charge in [-0.15, -0.1) is 5.10 Å². The van der Waals surface area contributed by atoms with Crippen molar-refractivity contribution in [1.29, 1.82) is 0 Å². The molecule has 0 radical (unpaired) electrons. The Morgan fingerprint density at radius 3 is 2.80 bits per heavy atom. The first-order valence-electron chi connectivity index (χ1n) is 4.04. The second-order valence-electron chi connectivity index (χ2n) is 2.78. The Hall–Kier alpha value is -2.11. The summed E-state index contributed by atoms with van der Waals surface area (Å²) in [7, 11) is 0. The molecule has 0 N–H and O–H groups in total. The van der Waals surface area contributed by atoms with Crippen LogP contribution in [0.4, 0.5) is 8.78 Å². The number of nitrogens with zero attached hydrogens (tertiary/aromatic N) is 3. The van der Waals surface area contributed by atoms with E-state index in [9.17, 15) is 13.6 Å². The van der Waals surface area contributed by atoms with Crippen LogP contribution in [0.1, 0.15) is 10.5 Å². The molecule has 0 aliphatic heterocycles. The standard InChI is InChI=1S/C9H5F2N3O/c10-7-2-1-3-8(9(7)11)14-4-6(5-15)12-13-14/h1-5H. The summed E-state index contributed by atoms with van der Waals surface area (Å²) >= 11 is 0. The van der Waals surface area contributed by atoms with E-state index in [0.717, 1.165) is 10.7 Å². The number of benzene rings is 1. The van der Waals surface area contributed by atoms with Crippen LogP contribution in [0.2, 0.25) is 0 Å². The van der Waals surface area contributed by atoms with E-state index in [2.05, 4.69) is 10.3 Å². The molecule has 1 aromatic heterocycles. The third-order valence-corrected chi connectivity index (χ3v) is 1.81. The Bertz CT molecular complexity index is 510. The third-order valence-electron chi connectivity index (χ3n) is 1.81. The molecule has 1 heterocycles. The first kappa shape index (κ1) is 9.45. The molecule has 0 aliphatic carbocycles. The highest BCUT2D eigenvalue weighted by atomic mass is 19.2. The lowest BCUT2D eigenvalue weighted by atomic mass is 10.3. The monoisotopic (exact) mass is 209 g/mol. The van der Waals surface area contributed by atoms with Crippen LogP contribution in [0.5, 0.6) is 0 Å². The Morgan fingerprint density at radius 2 is 2.13 bits per heavy atom. The van der Waals surface area contributed by atoms with Gasteiger partial charge in [-0.2, -0.15) is 0 Å². The minimum atomic E-state index is -1.03. The van der Waals surface area contributed by atoms with Gasteiger partial charge in [-0.05, 0) is 12.1 Å². The number of halogens is 2. The van der Waals surface area contributed by atoms with Gasteiger partial charge in [0.15, 0.2) is 17.9 Å². The number of aromatic nitrogens is 3. The van der Waals surface area contributed by atoms with Crippen molar-refractivity contribution in [2.24, 2.45) is 0 Å². The largest absolute Gasteiger partial charge is 0.296 e. The second-order valence-corrected chi connectivity index (χ2v) is 2.78. The van der Waals surface area contributed by atoms with Gasteiger partial charge >= 0.3 is 0 Å². The number of carbonyl (C=O) groups excluding carboxylic acids is 1. The van der Waals surface area contributed by atoms with E-state index in [0.29, 0.717) is 6.29 Å². The number of rotatable bonds is 2. The summed E-state index contributed by atoms with van der Waals surface area (Å²) in [6.45, 7) is 0. The van der Waals surface area contributed by atoms with Crippen LogP contribution in [-0.2, 0) is 0 Å². The highest BCUT2D eigenvalue weighted by Crippen LogP contribution is 2.14. The van der Waals surface area contributed by atoms with Crippen LogP contribution >= 0.6 is 0 Å². The van der Waals surface area contributed by atoms with Gasteiger partial charge in [0.25, 0.3) is 0 Å². The van der Waals surface area contributed by atoms with Crippen LogP contribution < -0.4 is 0 Å². The molecule has 0 fully saturated rings. The summed E-state index contributed by atoms with van der Waals surface area (Å²) < 4.78 is 27.1. The van der Waals surface area contributed by atoms with Crippen LogP contribution in [0, 0.1) is 11.6 Å². The summed E-state index contributed by atoms with van der Waals surface area (Å²) in [6.07, 6.45) is 1.69. The maximum Gasteiger partial charge on any atom is 0.184 e. The van der Waals surface area contributed by atoms with E-state index < -0.39 is 11.6 Å². The molecule has 6 heteroatoms. The Morgan fingerprint density at radius 1 is 1.33 bits per heavy atom. The highest BCUT2D eigenvalue weighted by Gasteiger charge is 2.10. The van der Waals surface area contributed by atoms with Gasteiger partial charge in [-0.25, -0.2) is 13.5 Å². The molecule has 0 amide bonds. The lowest BCUT2D eigenvalue weighted by molar-refractivity contribution is 0.111. The van der Waals surface area contributed by atoms with Crippen LogP contribution in [0.25, 0.3) is 5.69 Å². The quantitative estimate of drug-likeness (QED) is 0.701. The minimum Gasteiger partial charge on any atom is -0.296 e.